The van der Waals surface area contributed by atoms with Gasteiger partial charge in [-0.1, -0.05) is 43.9 Å². The summed E-state index contributed by atoms with van der Waals surface area (Å²) in [5.74, 6) is 0. The second kappa shape index (κ2) is 10.6. The zero-order valence-corrected chi connectivity index (χ0v) is 23.3. The molecule has 2 aliphatic rings. The average Bonchev–Trinajstić information content (AvgIpc) is 3.64. The molecule has 198 valence electrons. The highest BCUT2D eigenvalue weighted by atomic mass is 15.1. The van der Waals surface area contributed by atoms with E-state index in [9.17, 15) is 0 Å². The first kappa shape index (κ1) is 25.3. The minimum Gasteiger partial charge on any atom is -0.386 e. The topological polar surface area (TPSA) is 52.6 Å². The summed E-state index contributed by atoms with van der Waals surface area (Å²) in [6.07, 6.45) is 24.6. The van der Waals surface area contributed by atoms with E-state index in [0.29, 0.717) is 0 Å². The number of nitrogens with one attached hydrogen (secondary N) is 1. The summed E-state index contributed by atoms with van der Waals surface area (Å²) in [4.78, 5) is 9.17. The molecule has 0 saturated heterocycles. The number of allylic oxidation sites excluding steroid dienone is 6. The predicted octanol–water partition coefficient (Wildman–Crippen LogP) is 5.41. The van der Waals surface area contributed by atoms with Crippen LogP contribution in [0.4, 0.5) is 5.69 Å². The lowest BCUT2D eigenvalue weighted by Crippen LogP contribution is -2.22. The molecule has 0 spiro atoms. The van der Waals surface area contributed by atoms with Gasteiger partial charge in [0.2, 0.25) is 0 Å². The number of hydrogen-bond donors (Lipinski definition) is 1. The predicted molar refractivity (Wildman–Crippen MR) is 165 cm³/mol. The molecule has 6 rings (SSSR count). The number of fused-ring (bicyclic) bond motifs is 2. The molecule has 3 heterocycles. The number of benzene rings is 1. The first-order valence-electron chi connectivity index (χ1n) is 13.7. The van der Waals surface area contributed by atoms with Crippen molar-refractivity contribution in [1.82, 2.24) is 23.7 Å². The first-order valence-corrected chi connectivity index (χ1v) is 13.7. The molecule has 0 aliphatic heterocycles. The number of rotatable bonds is 7. The third-order valence-electron chi connectivity index (χ3n) is 7.26. The molecule has 0 amide bonds. The SMILES string of the molecule is C/C=C\c1c(NC)c2c(n1C1=CC(n3cnc(CC)c3)=C=CC(n3cnc(CC)c3)=C1)C=c1ccccc1=C=C2. The van der Waals surface area contributed by atoms with Crippen molar-refractivity contribution in [2.45, 2.75) is 33.6 Å². The van der Waals surface area contributed by atoms with E-state index in [-0.39, 0.29) is 0 Å². The van der Waals surface area contributed by atoms with Crippen LogP contribution in [0.1, 0.15) is 49.1 Å². The first-order chi connectivity index (χ1) is 19.6. The highest BCUT2D eigenvalue weighted by molar-refractivity contribution is 5.91. The Morgan fingerprint density at radius 3 is 2.35 bits per heavy atom. The average molecular weight is 525 g/mol. The Labute approximate surface area is 234 Å². The van der Waals surface area contributed by atoms with Crippen molar-refractivity contribution in [2.24, 2.45) is 0 Å². The summed E-state index contributed by atoms with van der Waals surface area (Å²) in [6, 6.07) is 8.37. The zero-order valence-electron chi connectivity index (χ0n) is 23.3. The van der Waals surface area contributed by atoms with E-state index < -0.39 is 0 Å². The third kappa shape index (κ3) is 4.46. The summed E-state index contributed by atoms with van der Waals surface area (Å²) in [6.45, 7) is 6.28. The standard InChI is InChI=1S/C34H32N6/c1-5-10-32-34(35-4)31-16-13-24-11-8-9-12-25(24)17-33(31)40(32)30-18-28(38-20-26(6-2)36-22-38)14-15-29(19-30)39-21-27(7-3)37-23-39/h5,8-12,14,16-23,35H,6-7H2,1-4H3/b10-5-. The highest BCUT2D eigenvalue weighted by Crippen LogP contribution is 2.36. The van der Waals surface area contributed by atoms with Gasteiger partial charge >= 0.3 is 0 Å². The van der Waals surface area contributed by atoms with E-state index in [1.807, 2.05) is 37.3 Å². The fourth-order valence-electron chi connectivity index (χ4n) is 5.18. The molecule has 6 nitrogen and oxygen atoms in total. The normalized spacial score (nSPS) is 13.9. The van der Waals surface area contributed by atoms with Crippen LogP contribution in [0.5, 0.6) is 0 Å². The zero-order chi connectivity index (χ0) is 27.6. The number of aryl methyl sites for hydroxylation is 2. The van der Waals surface area contributed by atoms with Crippen molar-refractivity contribution in [3.8, 4) is 0 Å². The maximum Gasteiger partial charge on any atom is 0.1000 e. The lowest BCUT2D eigenvalue weighted by molar-refractivity contribution is 1.06. The largest absolute Gasteiger partial charge is 0.386 e. The second-order valence-electron chi connectivity index (χ2n) is 9.73. The quantitative estimate of drug-likeness (QED) is 0.290. The summed E-state index contributed by atoms with van der Waals surface area (Å²) in [5.41, 5.74) is 16.3. The Balaban J connectivity index is 1.66. The summed E-state index contributed by atoms with van der Waals surface area (Å²) >= 11 is 0. The van der Waals surface area contributed by atoms with Crippen molar-refractivity contribution in [3.63, 3.8) is 0 Å². The van der Waals surface area contributed by atoms with Crippen LogP contribution in [0.3, 0.4) is 0 Å². The van der Waals surface area contributed by atoms with Crippen LogP contribution < -0.4 is 15.8 Å². The van der Waals surface area contributed by atoms with Gasteiger partial charge in [0.05, 0.1) is 58.2 Å². The van der Waals surface area contributed by atoms with Crippen LogP contribution in [0.25, 0.3) is 41.1 Å². The van der Waals surface area contributed by atoms with E-state index >= 15 is 0 Å². The number of aromatic nitrogens is 5. The van der Waals surface area contributed by atoms with Gasteiger partial charge in [-0.25, -0.2) is 9.97 Å². The second-order valence-corrected chi connectivity index (χ2v) is 9.73. The molecule has 4 aromatic rings. The Hall–Kier alpha value is -5.02. The van der Waals surface area contributed by atoms with E-state index in [1.165, 1.54) is 0 Å². The van der Waals surface area contributed by atoms with Crippen molar-refractivity contribution >= 4 is 46.7 Å². The molecule has 0 atom stereocenters. The van der Waals surface area contributed by atoms with Gasteiger partial charge in [0.15, 0.2) is 0 Å². The molecule has 40 heavy (non-hydrogen) atoms. The van der Waals surface area contributed by atoms with Crippen molar-refractivity contribution < 1.29 is 0 Å². The van der Waals surface area contributed by atoms with Crippen LogP contribution in [0.2, 0.25) is 0 Å². The van der Waals surface area contributed by atoms with Gasteiger partial charge in [0.1, 0.15) is 0 Å². The Morgan fingerprint density at radius 2 is 1.62 bits per heavy atom. The van der Waals surface area contributed by atoms with E-state index in [0.717, 1.165) is 74.4 Å². The van der Waals surface area contributed by atoms with Gasteiger partial charge in [-0.2, -0.15) is 0 Å². The van der Waals surface area contributed by atoms with Crippen molar-refractivity contribution in [3.05, 3.63) is 118 Å². The van der Waals surface area contributed by atoms with Crippen LogP contribution in [0.15, 0.2) is 79.3 Å². The number of anilines is 1. The summed E-state index contributed by atoms with van der Waals surface area (Å²) in [5, 5.41) is 5.67. The highest BCUT2D eigenvalue weighted by Gasteiger charge is 2.22. The van der Waals surface area contributed by atoms with Gasteiger partial charge in [-0.05, 0) is 61.4 Å². The Morgan fingerprint density at radius 1 is 0.875 bits per heavy atom. The molecule has 0 radical (unpaired) electrons. The van der Waals surface area contributed by atoms with Crippen LogP contribution in [0, 0.1) is 0 Å². The lowest BCUT2D eigenvalue weighted by atomic mass is 10.1. The Bertz CT molecular complexity index is 1940. The molecule has 1 aromatic carbocycles. The smallest absolute Gasteiger partial charge is 0.1000 e. The van der Waals surface area contributed by atoms with Crippen LogP contribution in [-0.4, -0.2) is 30.7 Å². The van der Waals surface area contributed by atoms with Gasteiger partial charge in [-0.3, -0.25) is 4.57 Å². The molecule has 0 unspecified atom stereocenters. The maximum atomic E-state index is 4.59. The molecule has 0 saturated carbocycles. The number of nitrogens with zero attached hydrogens (tertiary/aromatic N) is 5. The molecular weight excluding hydrogens is 492 g/mol. The molecule has 1 N–H and O–H groups in total. The molecule has 0 bridgehead atoms. The van der Waals surface area contributed by atoms with E-state index in [2.05, 4.69) is 123 Å². The van der Waals surface area contributed by atoms with Crippen molar-refractivity contribution in [1.29, 1.82) is 0 Å². The summed E-state index contributed by atoms with van der Waals surface area (Å²) in [7, 11) is 1.98. The fraction of sp³-hybridized carbons (Fsp3) is 0.176. The minimum atomic E-state index is 0.873. The van der Waals surface area contributed by atoms with Gasteiger partial charge in [0, 0.05) is 36.3 Å². The molecule has 2 aliphatic carbocycles. The fourth-order valence-corrected chi connectivity index (χ4v) is 5.18. The van der Waals surface area contributed by atoms with E-state index in [1.54, 1.807) is 0 Å². The van der Waals surface area contributed by atoms with Crippen LogP contribution in [-0.2, 0) is 12.8 Å². The maximum absolute atomic E-state index is 4.59. The van der Waals surface area contributed by atoms with Gasteiger partial charge < -0.3 is 14.5 Å². The molecule has 0 fully saturated rings. The monoisotopic (exact) mass is 524 g/mol. The number of imidazole rings is 2. The molecular formula is C34H32N6. The minimum absolute atomic E-state index is 0.873. The Kier molecular flexibility index (Phi) is 6.71. The molecule has 6 heteroatoms. The lowest BCUT2D eigenvalue weighted by Gasteiger charge is -2.14. The third-order valence-corrected chi connectivity index (χ3v) is 7.26. The number of hydrogen-bond acceptors (Lipinski definition) is 3. The molecule has 3 aromatic heterocycles. The van der Waals surface area contributed by atoms with Crippen LogP contribution >= 0.6 is 0 Å². The van der Waals surface area contributed by atoms with Gasteiger partial charge in [-0.15, -0.1) is 5.73 Å². The summed E-state index contributed by atoms with van der Waals surface area (Å²) < 4.78 is 6.43. The van der Waals surface area contributed by atoms with Crippen molar-refractivity contribution in [2.75, 3.05) is 12.4 Å². The van der Waals surface area contributed by atoms with Gasteiger partial charge in [0.25, 0.3) is 0 Å². The van der Waals surface area contributed by atoms with E-state index in [4.69, 9.17) is 0 Å².